The number of likely N-dealkylation sites (tertiary alicyclic amines) is 1. The van der Waals surface area contributed by atoms with Gasteiger partial charge < -0.3 is 10.0 Å². The minimum absolute atomic E-state index is 0.206. The molecule has 0 radical (unpaired) electrons. The number of aliphatic hydroxyl groups excluding tert-OH is 1. The van der Waals surface area contributed by atoms with Gasteiger partial charge in [0.1, 0.15) is 6.23 Å². The van der Waals surface area contributed by atoms with Gasteiger partial charge in [0, 0.05) is 19.1 Å². The SMILES string of the molecule is CCCN(CC)C1CCCN(C(O)CC2(C)CC2)CC1. The van der Waals surface area contributed by atoms with Gasteiger partial charge >= 0.3 is 0 Å². The predicted octanol–water partition coefficient (Wildman–Crippen LogP) is 3.08. The molecule has 2 unspecified atom stereocenters. The lowest BCUT2D eigenvalue weighted by Crippen LogP contribution is -2.39. The Labute approximate surface area is 125 Å². The molecule has 1 aliphatic heterocycles. The van der Waals surface area contributed by atoms with E-state index in [1.165, 1.54) is 51.6 Å². The zero-order valence-corrected chi connectivity index (χ0v) is 13.8. The van der Waals surface area contributed by atoms with Gasteiger partial charge in [0.25, 0.3) is 0 Å². The first-order chi connectivity index (χ1) is 9.58. The molecule has 0 spiro atoms. The Balaban J connectivity index is 1.81. The maximum atomic E-state index is 10.5. The van der Waals surface area contributed by atoms with E-state index in [4.69, 9.17) is 0 Å². The lowest BCUT2D eigenvalue weighted by atomic mass is 10.0. The van der Waals surface area contributed by atoms with Crippen molar-refractivity contribution in [2.45, 2.75) is 78.0 Å². The monoisotopic (exact) mass is 282 g/mol. The summed E-state index contributed by atoms with van der Waals surface area (Å²) in [5.74, 6) is 0. The van der Waals surface area contributed by atoms with Crippen LogP contribution in [0.15, 0.2) is 0 Å². The van der Waals surface area contributed by atoms with Crippen molar-refractivity contribution in [1.82, 2.24) is 9.80 Å². The molecule has 2 atom stereocenters. The standard InChI is InChI=1S/C17H34N2O/c1-4-11-18(5-2)15-7-6-12-19(13-8-15)16(20)14-17(3)9-10-17/h15-16,20H,4-14H2,1-3H3. The van der Waals surface area contributed by atoms with E-state index < -0.39 is 0 Å². The smallest absolute Gasteiger partial charge is 0.107 e. The number of hydrogen-bond acceptors (Lipinski definition) is 3. The first kappa shape index (κ1) is 16.3. The van der Waals surface area contributed by atoms with Crippen molar-refractivity contribution in [1.29, 1.82) is 0 Å². The molecular weight excluding hydrogens is 248 g/mol. The Morgan fingerprint density at radius 1 is 1.25 bits per heavy atom. The largest absolute Gasteiger partial charge is 0.378 e. The second kappa shape index (κ2) is 7.24. The third-order valence-corrected chi connectivity index (χ3v) is 5.37. The summed E-state index contributed by atoms with van der Waals surface area (Å²) >= 11 is 0. The normalized spacial score (nSPS) is 28.4. The highest BCUT2D eigenvalue weighted by atomic mass is 16.3. The summed E-state index contributed by atoms with van der Waals surface area (Å²) in [6.45, 7) is 11.4. The molecule has 3 heteroatoms. The summed E-state index contributed by atoms with van der Waals surface area (Å²) in [5.41, 5.74) is 0.447. The van der Waals surface area contributed by atoms with Crippen LogP contribution in [0.5, 0.6) is 0 Å². The molecule has 0 aromatic heterocycles. The van der Waals surface area contributed by atoms with E-state index in [1.807, 2.05) is 0 Å². The Morgan fingerprint density at radius 2 is 2.00 bits per heavy atom. The summed E-state index contributed by atoms with van der Waals surface area (Å²) < 4.78 is 0. The van der Waals surface area contributed by atoms with Gasteiger partial charge in [-0.15, -0.1) is 0 Å². The molecule has 0 aromatic rings. The second-order valence-electron chi connectivity index (χ2n) is 7.24. The van der Waals surface area contributed by atoms with Gasteiger partial charge in [0.2, 0.25) is 0 Å². The highest BCUT2D eigenvalue weighted by Crippen LogP contribution is 2.49. The number of aliphatic hydroxyl groups is 1. The molecule has 0 amide bonds. The van der Waals surface area contributed by atoms with Gasteiger partial charge in [-0.2, -0.15) is 0 Å². The summed E-state index contributed by atoms with van der Waals surface area (Å²) in [5, 5.41) is 10.5. The summed E-state index contributed by atoms with van der Waals surface area (Å²) in [7, 11) is 0. The van der Waals surface area contributed by atoms with Crippen molar-refractivity contribution in [3.63, 3.8) is 0 Å². The van der Waals surface area contributed by atoms with Crippen molar-refractivity contribution in [3.8, 4) is 0 Å². The highest BCUT2D eigenvalue weighted by molar-refractivity contribution is 4.91. The molecular formula is C17H34N2O. The van der Waals surface area contributed by atoms with Crippen LogP contribution in [0, 0.1) is 5.41 Å². The van der Waals surface area contributed by atoms with E-state index in [1.54, 1.807) is 0 Å². The molecule has 20 heavy (non-hydrogen) atoms. The van der Waals surface area contributed by atoms with Crippen LogP contribution in [-0.4, -0.2) is 53.4 Å². The summed E-state index contributed by atoms with van der Waals surface area (Å²) in [4.78, 5) is 4.97. The minimum Gasteiger partial charge on any atom is -0.378 e. The average molecular weight is 282 g/mol. The zero-order chi connectivity index (χ0) is 14.6. The van der Waals surface area contributed by atoms with E-state index in [9.17, 15) is 5.11 Å². The summed E-state index contributed by atoms with van der Waals surface area (Å²) in [6.07, 6.45) is 8.39. The highest BCUT2D eigenvalue weighted by Gasteiger charge is 2.40. The van der Waals surface area contributed by atoms with Crippen molar-refractivity contribution >= 4 is 0 Å². The van der Waals surface area contributed by atoms with Crippen molar-refractivity contribution in [2.24, 2.45) is 5.41 Å². The van der Waals surface area contributed by atoms with Crippen LogP contribution in [0.2, 0.25) is 0 Å². The van der Waals surface area contributed by atoms with E-state index in [0.29, 0.717) is 5.41 Å². The average Bonchev–Trinajstić information content (AvgIpc) is 3.18. The number of rotatable bonds is 7. The molecule has 1 aliphatic carbocycles. The molecule has 2 rings (SSSR count). The van der Waals surface area contributed by atoms with Crippen LogP contribution in [0.4, 0.5) is 0 Å². The Hall–Kier alpha value is -0.120. The molecule has 1 heterocycles. The van der Waals surface area contributed by atoms with E-state index in [0.717, 1.165) is 25.6 Å². The van der Waals surface area contributed by atoms with Gasteiger partial charge in [-0.25, -0.2) is 0 Å². The van der Waals surface area contributed by atoms with E-state index >= 15 is 0 Å². The topological polar surface area (TPSA) is 26.7 Å². The fourth-order valence-electron chi connectivity index (χ4n) is 3.64. The van der Waals surface area contributed by atoms with Gasteiger partial charge in [-0.3, -0.25) is 4.90 Å². The Morgan fingerprint density at radius 3 is 2.60 bits per heavy atom. The predicted molar refractivity (Wildman–Crippen MR) is 84.7 cm³/mol. The molecule has 118 valence electrons. The maximum Gasteiger partial charge on any atom is 0.107 e. The van der Waals surface area contributed by atoms with Crippen molar-refractivity contribution in [3.05, 3.63) is 0 Å². The number of nitrogens with zero attached hydrogens (tertiary/aromatic N) is 2. The summed E-state index contributed by atoms with van der Waals surface area (Å²) in [6, 6.07) is 0.730. The van der Waals surface area contributed by atoms with Crippen LogP contribution in [0.25, 0.3) is 0 Å². The third kappa shape index (κ3) is 4.44. The fourth-order valence-corrected chi connectivity index (χ4v) is 3.64. The van der Waals surface area contributed by atoms with Gasteiger partial charge in [0.15, 0.2) is 0 Å². The van der Waals surface area contributed by atoms with Crippen LogP contribution in [0.1, 0.15) is 65.7 Å². The first-order valence-electron chi connectivity index (χ1n) is 8.74. The lowest BCUT2D eigenvalue weighted by molar-refractivity contribution is -0.0141. The Kier molecular flexibility index (Phi) is 5.88. The van der Waals surface area contributed by atoms with Crippen LogP contribution in [-0.2, 0) is 0 Å². The molecule has 1 saturated heterocycles. The van der Waals surface area contributed by atoms with Gasteiger partial charge in [-0.05, 0) is 63.5 Å². The first-order valence-corrected chi connectivity index (χ1v) is 8.74. The third-order valence-electron chi connectivity index (χ3n) is 5.37. The quantitative estimate of drug-likeness (QED) is 0.777. The lowest BCUT2D eigenvalue weighted by Gasteiger charge is -2.31. The van der Waals surface area contributed by atoms with Crippen LogP contribution < -0.4 is 0 Å². The number of hydrogen-bond donors (Lipinski definition) is 1. The molecule has 1 saturated carbocycles. The molecule has 2 aliphatic rings. The fraction of sp³-hybridized carbons (Fsp3) is 1.00. The maximum absolute atomic E-state index is 10.5. The molecule has 1 N–H and O–H groups in total. The Bertz CT molecular complexity index is 291. The van der Waals surface area contributed by atoms with Gasteiger partial charge in [0.05, 0.1) is 0 Å². The van der Waals surface area contributed by atoms with Gasteiger partial charge in [-0.1, -0.05) is 20.8 Å². The van der Waals surface area contributed by atoms with E-state index in [2.05, 4.69) is 30.6 Å². The van der Waals surface area contributed by atoms with Crippen molar-refractivity contribution in [2.75, 3.05) is 26.2 Å². The molecule has 3 nitrogen and oxygen atoms in total. The van der Waals surface area contributed by atoms with Crippen LogP contribution >= 0.6 is 0 Å². The van der Waals surface area contributed by atoms with Crippen molar-refractivity contribution < 1.29 is 5.11 Å². The van der Waals surface area contributed by atoms with Crippen LogP contribution in [0.3, 0.4) is 0 Å². The molecule has 2 fully saturated rings. The zero-order valence-electron chi connectivity index (χ0n) is 13.8. The molecule has 0 aromatic carbocycles. The molecule has 0 bridgehead atoms. The van der Waals surface area contributed by atoms with E-state index in [-0.39, 0.29) is 6.23 Å². The second-order valence-corrected chi connectivity index (χ2v) is 7.24. The minimum atomic E-state index is -0.206.